The fourth-order valence-corrected chi connectivity index (χ4v) is 8.92. The number of fused-ring (bicyclic) bond motifs is 18. The van der Waals surface area contributed by atoms with Crippen LogP contribution in [0.3, 0.4) is 0 Å². The van der Waals surface area contributed by atoms with E-state index in [4.69, 9.17) is 4.42 Å². The Morgan fingerprint density at radius 3 is 1.87 bits per heavy atom. The van der Waals surface area contributed by atoms with Gasteiger partial charge in [0.25, 0.3) is 0 Å². The Labute approximate surface area is 228 Å². The third kappa shape index (κ3) is 2.22. The van der Waals surface area contributed by atoms with Gasteiger partial charge in [-0.1, -0.05) is 109 Å². The van der Waals surface area contributed by atoms with Crippen molar-refractivity contribution in [2.45, 2.75) is 5.41 Å². The highest BCUT2D eigenvalue weighted by Gasteiger charge is 2.53. The van der Waals surface area contributed by atoms with Gasteiger partial charge in [-0.2, -0.15) is 0 Å². The minimum Gasteiger partial charge on any atom is -0.455 e. The zero-order valence-corrected chi connectivity index (χ0v) is 21.7. The topological polar surface area (TPSA) is 13.1 Å². The predicted octanol–water partition coefficient (Wildman–Crippen LogP) is 10.3. The molecule has 0 N–H and O–H groups in total. The molecule has 10 rings (SSSR count). The van der Waals surface area contributed by atoms with Gasteiger partial charge in [-0.25, -0.2) is 0 Å². The summed E-state index contributed by atoms with van der Waals surface area (Å²) >= 11 is 1.91. The molecule has 2 heteroatoms. The van der Waals surface area contributed by atoms with Crippen LogP contribution in [-0.4, -0.2) is 0 Å². The summed E-state index contributed by atoms with van der Waals surface area (Å²) in [5.74, 6) is 0. The Hall–Kier alpha value is -4.66. The predicted molar refractivity (Wildman–Crippen MR) is 163 cm³/mol. The Morgan fingerprint density at radius 2 is 1.08 bits per heavy atom. The maximum Gasteiger partial charge on any atom is 0.143 e. The average molecular weight is 513 g/mol. The maximum absolute atomic E-state index is 6.76. The molecule has 2 aliphatic rings. The Kier molecular flexibility index (Phi) is 3.57. The molecule has 0 saturated carbocycles. The minimum atomic E-state index is -0.380. The zero-order chi connectivity index (χ0) is 25.3. The van der Waals surface area contributed by atoms with Gasteiger partial charge in [-0.15, -0.1) is 11.3 Å². The Bertz CT molecular complexity index is 2180. The third-order valence-electron chi connectivity index (χ3n) is 9.10. The summed E-state index contributed by atoms with van der Waals surface area (Å²) in [6.45, 7) is 0. The van der Waals surface area contributed by atoms with E-state index in [1.54, 1.807) is 0 Å². The van der Waals surface area contributed by atoms with Crippen molar-refractivity contribution in [2.24, 2.45) is 0 Å². The van der Waals surface area contributed by atoms with Gasteiger partial charge in [-0.05, 0) is 45.5 Å². The second-order valence-electron chi connectivity index (χ2n) is 10.8. The van der Waals surface area contributed by atoms with Crippen molar-refractivity contribution >= 4 is 53.4 Å². The molecule has 0 saturated heterocycles. The largest absolute Gasteiger partial charge is 0.455 e. The van der Waals surface area contributed by atoms with E-state index in [9.17, 15) is 0 Å². The smallest absolute Gasteiger partial charge is 0.143 e. The molecule has 2 aliphatic carbocycles. The number of furan rings is 1. The number of rotatable bonds is 0. The first-order valence-corrected chi connectivity index (χ1v) is 14.3. The van der Waals surface area contributed by atoms with Gasteiger partial charge in [0.2, 0.25) is 0 Å². The van der Waals surface area contributed by atoms with Crippen molar-refractivity contribution < 1.29 is 4.42 Å². The maximum atomic E-state index is 6.76. The first-order chi connectivity index (χ1) is 19.4. The molecule has 0 unspecified atom stereocenters. The fourth-order valence-electron chi connectivity index (χ4n) is 7.66. The lowest BCUT2D eigenvalue weighted by molar-refractivity contribution is 0.669. The van der Waals surface area contributed by atoms with Crippen LogP contribution in [0.25, 0.3) is 64.4 Å². The quantitative estimate of drug-likeness (QED) is 0.197. The van der Waals surface area contributed by atoms with Gasteiger partial charge in [0.15, 0.2) is 0 Å². The molecular formula is C37H20OS. The summed E-state index contributed by atoms with van der Waals surface area (Å²) in [7, 11) is 0. The highest BCUT2D eigenvalue weighted by atomic mass is 32.1. The molecule has 0 fully saturated rings. The highest BCUT2D eigenvalue weighted by Crippen LogP contribution is 2.65. The lowest BCUT2D eigenvalue weighted by atomic mass is 9.70. The van der Waals surface area contributed by atoms with Crippen LogP contribution >= 0.6 is 11.3 Å². The zero-order valence-electron chi connectivity index (χ0n) is 20.9. The molecule has 0 amide bonds. The summed E-state index contributed by atoms with van der Waals surface area (Å²) < 4.78 is 9.43. The summed E-state index contributed by atoms with van der Waals surface area (Å²) in [6.07, 6.45) is 0. The summed E-state index contributed by atoms with van der Waals surface area (Å²) in [6, 6.07) is 44.7. The third-order valence-corrected chi connectivity index (χ3v) is 10.3. The van der Waals surface area contributed by atoms with Crippen molar-refractivity contribution in [2.75, 3.05) is 0 Å². The number of hydrogen-bond donors (Lipinski definition) is 0. The first kappa shape index (κ1) is 20.3. The van der Waals surface area contributed by atoms with E-state index in [1.165, 1.54) is 75.5 Å². The minimum absolute atomic E-state index is 0.380. The standard InChI is InChI=1S/C37H20OS/c1-5-13-27-21(9-1)22-10-2-6-14-28(22)37(27)29-19-17-25-23-11-3-7-15-31(23)38-35(25)33(29)34-30(37)20-18-26-24-12-4-8-16-32(24)39-36(26)34/h1-20H. The van der Waals surface area contributed by atoms with E-state index >= 15 is 0 Å². The van der Waals surface area contributed by atoms with Gasteiger partial charge in [0.1, 0.15) is 11.2 Å². The molecule has 0 radical (unpaired) electrons. The summed E-state index contributed by atoms with van der Waals surface area (Å²) in [5.41, 5.74) is 12.2. The van der Waals surface area contributed by atoms with Crippen LogP contribution in [0.5, 0.6) is 0 Å². The van der Waals surface area contributed by atoms with Crippen LogP contribution in [-0.2, 0) is 5.41 Å². The van der Waals surface area contributed by atoms with Gasteiger partial charge in [0, 0.05) is 42.1 Å². The molecule has 0 bridgehead atoms. The lowest BCUT2D eigenvalue weighted by Crippen LogP contribution is -2.25. The SMILES string of the molecule is c1ccc2c(c1)-c1ccccc1C21c2ccc3c(oc4ccccc43)c2-c2c1ccc1c2sc2ccccc21. The fraction of sp³-hybridized carbons (Fsp3) is 0.0270. The van der Waals surface area contributed by atoms with E-state index in [2.05, 4.69) is 121 Å². The van der Waals surface area contributed by atoms with Crippen molar-refractivity contribution in [3.63, 3.8) is 0 Å². The molecule has 2 aromatic heterocycles. The van der Waals surface area contributed by atoms with Crippen LogP contribution in [0.1, 0.15) is 22.3 Å². The lowest BCUT2D eigenvalue weighted by Gasteiger charge is -2.30. The van der Waals surface area contributed by atoms with Crippen LogP contribution in [0.2, 0.25) is 0 Å². The van der Waals surface area contributed by atoms with Crippen molar-refractivity contribution in [1.82, 2.24) is 0 Å². The van der Waals surface area contributed by atoms with Gasteiger partial charge < -0.3 is 4.42 Å². The average Bonchev–Trinajstić information content (AvgIpc) is 3.71. The number of thiophene rings is 1. The molecule has 1 spiro atoms. The van der Waals surface area contributed by atoms with E-state index in [0.717, 1.165) is 11.2 Å². The van der Waals surface area contributed by atoms with E-state index < -0.39 is 0 Å². The summed E-state index contributed by atoms with van der Waals surface area (Å²) in [4.78, 5) is 0. The van der Waals surface area contributed by atoms with Crippen LogP contribution < -0.4 is 0 Å². The summed E-state index contributed by atoms with van der Waals surface area (Å²) in [5, 5.41) is 5.01. The second-order valence-corrected chi connectivity index (χ2v) is 11.8. The highest BCUT2D eigenvalue weighted by molar-refractivity contribution is 7.26. The van der Waals surface area contributed by atoms with Crippen LogP contribution in [0.4, 0.5) is 0 Å². The van der Waals surface area contributed by atoms with Crippen LogP contribution in [0.15, 0.2) is 126 Å². The first-order valence-electron chi connectivity index (χ1n) is 13.4. The molecule has 0 atom stereocenters. The van der Waals surface area contributed by atoms with Crippen molar-refractivity contribution in [1.29, 1.82) is 0 Å². The molecule has 1 nitrogen and oxygen atoms in total. The molecular weight excluding hydrogens is 492 g/mol. The molecule has 8 aromatic rings. The molecule has 180 valence electrons. The molecule has 6 aromatic carbocycles. The number of benzene rings is 6. The van der Waals surface area contributed by atoms with Crippen molar-refractivity contribution in [3.8, 4) is 22.3 Å². The van der Waals surface area contributed by atoms with Gasteiger partial charge in [0.05, 0.1) is 5.41 Å². The second kappa shape index (κ2) is 6.85. The van der Waals surface area contributed by atoms with Gasteiger partial charge in [-0.3, -0.25) is 0 Å². The Balaban J connectivity index is 1.49. The van der Waals surface area contributed by atoms with Crippen molar-refractivity contribution in [3.05, 3.63) is 144 Å². The monoisotopic (exact) mass is 512 g/mol. The normalized spacial score (nSPS) is 14.4. The Morgan fingerprint density at radius 1 is 0.462 bits per heavy atom. The van der Waals surface area contributed by atoms with Gasteiger partial charge >= 0.3 is 0 Å². The molecule has 0 aliphatic heterocycles. The molecule has 39 heavy (non-hydrogen) atoms. The van der Waals surface area contributed by atoms with Crippen LogP contribution in [0, 0.1) is 0 Å². The number of para-hydroxylation sites is 1. The number of hydrogen-bond acceptors (Lipinski definition) is 2. The van der Waals surface area contributed by atoms with E-state index in [1.807, 2.05) is 11.3 Å². The molecule has 2 heterocycles. The van der Waals surface area contributed by atoms with E-state index in [-0.39, 0.29) is 5.41 Å². The van der Waals surface area contributed by atoms with E-state index in [0.29, 0.717) is 0 Å².